The number of hydrogen-bond acceptors (Lipinski definition) is 4. The topological polar surface area (TPSA) is 71.5 Å². The largest absolute Gasteiger partial charge is 0.372 e. The number of fused-ring (bicyclic) bond motifs is 1. The lowest BCUT2D eigenvalue weighted by Gasteiger charge is -2.32. The maximum absolute atomic E-state index is 12.6. The number of benzene rings is 1. The third-order valence-corrected chi connectivity index (χ3v) is 4.97. The number of nitrogens with zero attached hydrogens (tertiary/aromatic N) is 2. The summed E-state index contributed by atoms with van der Waals surface area (Å²) in [7, 11) is 0. The quantitative estimate of drug-likeness (QED) is 0.862. The monoisotopic (exact) mass is 351 g/mol. The van der Waals surface area contributed by atoms with Gasteiger partial charge in [0.05, 0.1) is 13.2 Å². The van der Waals surface area contributed by atoms with Crippen molar-refractivity contribution in [1.82, 2.24) is 9.88 Å². The van der Waals surface area contributed by atoms with E-state index in [-0.39, 0.29) is 17.7 Å². The number of carbonyl (C=O) groups is 2. The highest BCUT2D eigenvalue weighted by atomic mass is 16.5. The van der Waals surface area contributed by atoms with Gasteiger partial charge in [0.25, 0.3) is 0 Å². The molecule has 4 rings (SSSR count). The molecule has 134 valence electrons. The Morgan fingerprint density at radius 2 is 2.04 bits per heavy atom. The van der Waals surface area contributed by atoms with Gasteiger partial charge in [-0.15, -0.1) is 0 Å². The van der Waals surface area contributed by atoms with Crippen LogP contribution in [0.25, 0.3) is 0 Å². The number of piperidine rings is 1. The van der Waals surface area contributed by atoms with Crippen LogP contribution in [0.2, 0.25) is 0 Å². The molecule has 6 heteroatoms. The zero-order valence-electron chi connectivity index (χ0n) is 14.5. The van der Waals surface area contributed by atoms with E-state index in [4.69, 9.17) is 4.74 Å². The highest BCUT2D eigenvalue weighted by molar-refractivity contribution is 5.97. The lowest BCUT2D eigenvalue weighted by molar-refractivity contribution is 0.0846. The van der Waals surface area contributed by atoms with Crippen molar-refractivity contribution in [3.8, 4) is 0 Å². The summed E-state index contributed by atoms with van der Waals surface area (Å²) in [4.78, 5) is 31.1. The molecule has 1 saturated heterocycles. The number of pyridine rings is 1. The Labute approximate surface area is 152 Å². The van der Waals surface area contributed by atoms with Crippen molar-refractivity contribution in [1.29, 1.82) is 0 Å². The van der Waals surface area contributed by atoms with Crippen molar-refractivity contribution < 1.29 is 14.3 Å². The molecule has 0 aliphatic carbocycles. The van der Waals surface area contributed by atoms with E-state index in [1.165, 1.54) is 5.56 Å². The molecule has 2 aliphatic heterocycles. The Kier molecular flexibility index (Phi) is 4.67. The Hall–Kier alpha value is -2.73. The first-order valence-electron chi connectivity index (χ1n) is 8.91. The highest BCUT2D eigenvalue weighted by Crippen LogP contribution is 2.24. The summed E-state index contributed by atoms with van der Waals surface area (Å²) < 4.78 is 5.41. The van der Waals surface area contributed by atoms with Crippen molar-refractivity contribution in [3.63, 3.8) is 0 Å². The number of rotatable bonds is 3. The maximum atomic E-state index is 12.6. The van der Waals surface area contributed by atoms with Crippen LogP contribution in [0.1, 0.15) is 34.5 Å². The molecule has 3 heterocycles. The van der Waals surface area contributed by atoms with Crippen molar-refractivity contribution in [2.24, 2.45) is 5.92 Å². The maximum Gasteiger partial charge on any atom is 0.321 e. The molecule has 1 atom stereocenters. The van der Waals surface area contributed by atoms with Crippen LogP contribution in [0.4, 0.5) is 10.5 Å². The van der Waals surface area contributed by atoms with Gasteiger partial charge in [0.1, 0.15) is 5.69 Å². The van der Waals surface area contributed by atoms with Gasteiger partial charge < -0.3 is 15.0 Å². The van der Waals surface area contributed by atoms with E-state index < -0.39 is 0 Å². The first-order valence-corrected chi connectivity index (χ1v) is 8.91. The van der Waals surface area contributed by atoms with Crippen molar-refractivity contribution in [2.45, 2.75) is 26.1 Å². The second kappa shape index (κ2) is 7.25. The van der Waals surface area contributed by atoms with Crippen molar-refractivity contribution >= 4 is 17.5 Å². The Balaban J connectivity index is 1.41. The van der Waals surface area contributed by atoms with Gasteiger partial charge in [-0.3, -0.25) is 9.78 Å². The molecule has 0 radical (unpaired) electrons. The summed E-state index contributed by atoms with van der Waals surface area (Å²) in [5.41, 5.74) is 3.52. The minimum absolute atomic E-state index is 0.0118. The van der Waals surface area contributed by atoms with Gasteiger partial charge >= 0.3 is 6.03 Å². The fraction of sp³-hybridized carbons (Fsp3) is 0.350. The molecule has 26 heavy (non-hydrogen) atoms. The molecule has 1 aromatic heterocycles. The first-order chi connectivity index (χ1) is 12.7. The molecule has 1 N–H and O–H groups in total. The van der Waals surface area contributed by atoms with Crippen molar-refractivity contribution in [2.75, 3.05) is 18.4 Å². The number of amides is 2. The predicted molar refractivity (Wildman–Crippen MR) is 96.8 cm³/mol. The lowest BCUT2D eigenvalue weighted by atomic mass is 9.92. The van der Waals surface area contributed by atoms with E-state index in [1.807, 2.05) is 24.3 Å². The smallest absolute Gasteiger partial charge is 0.321 e. The zero-order chi connectivity index (χ0) is 17.9. The van der Waals surface area contributed by atoms with E-state index >= 15 is 0 Å². The van der Waals surface area contributed by atoms with Crippen LogP contribution in [0.15, 0.2) is 42.6 Å². The molecule has 0 spiro atoms. The van der Waals surface area contributed by atoms with Gasteiger partial charge in [0.15, 0.2) is 5.78 Å². The Morgan fingerprint density at radius 3 is 2.88 bits per heavy atom. The van der Waals surface area contributed by atoms with Crippen LogP contribution in [-0.4, -0.2) is 34.8 Å². The van der Waals surface area contributed by atoms with Crippen LogP contribution in [0, 0.1) is 5.92 Å². The van der Waals surface area contributed by atoms with E-state index in [1.54, 1.807) is 23.2 Å². The Bertz CT molecular complexity index is 822. The number of anilines is 1. The molecule has 2 aromatic rings. The third-order valence-electron chi connectivity index (χ3n) is 4.97. The van der Waals surface area contributed by atoms with E-state index in [2.05, 4.69) is 10.3 Å². The normalized spacial score (nSPS) is 19.1. The molecular formula is C20H21N3O3. The van der Waals surface area contributed by atoms with E-state index in [0.29, 0.717) is 32.0 Å². The summed E-state index contributed by atoms with van der Waals surface area (Å²) in [6, 6.07) is 11.0. The number of hydrogen-bond donors (Lipinski definition) is 1. The number of likely N-dealkylation sites (tertiary alicyclic amines) is 1. The SMILES string of the molecule is O=C(c1ccccn1)[C@@H]1CCCN(C(=O)Nc2ccc3c(c2)COC3)C1. The van der Waals surface area contributed by atoms with Crippen molar-refractivity contribution in [3.05, 3.63) is 59.4 Å². The van der Waals surface area contributed by atoms with Gasteiger partial charge in [-0.05, 0) is 48.2 Å². The summed E-state index contributed by atoms with van der Waals surface area (Å²) >= 11 is 0. The predicted octanol–water partition coefficient (Wildman–Crippen LogP) is 3.24. The van der Waals surface area contributed by atoms with Gasteiger partial charge in [-0.25, -0.2) is 4.79 Å². The number of carbonyl (C=O) groups excluding carboxylic acids is 2. The highest BCUT2D eigenvalue weighted by Gasteiger charge is 2.29. The van der Waals surface area contributed by atoms with Gasteiger partial charge in [0, 0.05) is 30.9 Å². The fourth-order valence-electron chi connectivity index (χ4n) is 3.55. The fourth-order valence-corrected chi connectivity index (χ4v) is 3.55. The van der Waals surface area contributed by atoms with Gasteiger partial charge in [-0.1, -0.05) is 12.1 Å². The molecule has 6 nitrogen and oxygen atoms in total. The average Bonchev–Trinajstić information content (AvgIpc) is 3.16. The second-order valence-electron chi connectivity index (χ2n) is 6.77. The molecule has 0 unspecified atom stereocenters. The van der Waals surface area contributed by atoms with Crippen LogP contribution in [-0.2, 0) is 18.0 Å². The van der Waals surface area contributed by atoms with Gasteiger partial charge in [-0.2, -0.15) is 0 Å². The molecule has 2 amide bonds. The minimum Gasteiger partial charge on any atom is -0.372 e. The number of ketones is 1. The average molecular weight is 351 g/mol. The number of aromatic nitrogens is 1. The standard InChI is InChI=1S/C20H21N3O3/c24-19(18-5-1-2-8-21-18)14-4-3-9-23(11-14)20(25)22-17-7-6-15-12-26-13-16(15)10-17/h1-2,5-8,10,14H,3-4,9,11-13H2,(H,22,25)/t14-/m1/s1. The van der Waals surface area contributed by atoms with E-state index in [0.717, 1.165) is 24.1 Å². The third kappa shape index (κ3) is 3.46. The van der Waals surface area contributed by atoms with Crippen LogP contribution >= 0.6 is 0 Å². The summed E-state index contributed by atoms with van der Waals surface area (Å²) in [6.07, 6.45) is 3.22. The number of nitrogens with one attached hydrogen (secondary N) is 1. The molecule has 0 saturated carbocycles. The number of Topliss-reactive ketones (excluding diaryl/α,β-unsaturated/α-hetero) is 1. The van der Waals surface area contributed by atoms with Gasteiger partial charge in [0.2, 0.25) is 0 Å². The first kappa shape index (κ1) is 16.7. The molecule has 1 fully saturated rings. The summed E-state index contributed by atoms with van der Waals surface area (Å²) in [5.74, 6) is -0.185. The number of urea groups is 1. The molecule has 0 bridgehead atoms. The van der Waals surface area contributed by atoms with Crippen LogP contribution in [0.5, 0.6) is 0 Å². The molecule has 1 aromatic carbocycles. The molecule has 2 aliphatic rings. The minimum atomic E-state index is -0.196. The Morgan fingerprint density at radius 1 is 1.15 bits per heavy atom. The molecular weight excluding hydrogens is 330 g/mol. The second-order valence-corrected chi connectivity index (χ2v) is 6.77. The van der Waals surface area contributed by atoms with Crippen LogP contribution in [0.3, 0.4) is 0 Å². The summed E-state index contributed by atoms with van der Waals surface area (Å²) in [5, 5.41) is 2.95. The zero-order valence-corrected chi connectivity index (χ0v) is 14.5. The number of ether oxygens (including phenoxy) is 1. The van der Waals surface area contributed by atoms with Crippen LogP contribution < -0.4 is 5.32 Å². The lowest BCUT2D eigenvalue weighted by Crippen LogP contribution is -2.44. The summed E-state index contributed by atoms with van der Waals surface area (Å²) in [6.45, 7) is 2.30. The van der Waals surface area contributed by atoms with E-state index in [9.17, 15) is 9.59 Å².